The van der Waals surface area contributed by atoms with E-state index < -0.39 is 0 Å². The molecule has 1 saturated heterocycles. The van der Waals surface area contributed by atoms with Crippen molar-refractivity contribution >= 4 is 34.0 Å². The zero-order valence-corrected chi connectivity index (χ0v) is 13.3. The Morgan fingerprint density at radius 1 is 1.45 bits per heavy atom. The predicted molar refractivity (Wildman–Crippen MR) is 86.4 cm³/mol. The maximum absolute atomic E-state index is 9.10. The third kappa shape index (κ3) is 3.14. The summed E-state index contributed by atoms with van der Waals surface area (Å²) in [6.07, 6.45) is 1.79. The molecule has 0 amide bonds. The number of nitrogens with zero attached hydrogens (tertiary/aromatic N) is 4. The van der Waals surface area contributed by atoms with Gasteiger partial charge in [-0.25, -0.2) is 4.98 Å². The highest BCUT2D eigenvalue weighted by Crippen LogP contribution is 2.28. The van der Waals surface area contributed by atoms with Crippen LogP contribution in [0.3, 0.4) is 0 Å². The van der Waals surface area contributed by atoms with Crippen LogP contribution in [0.1, 0.15) is 11.1 Å². The van der Waals surface area contributed by atoms with Gasteiger partial charge < -0.3 is 15.0 Å². The monoisotopic (exact) mass is 335 g/mol. The number of aromatic nitrogens is 2. The molecule has 1 N–H and O–H groups in total. The number of nitriles is 1. The minimum absolute atomic E-state index is 0.245. The van der Waals surface area contributed by atoms with Crippen molar-refractivity contribution in [3.8, 4) is 6.07 Å². The van der Waals surface area contributed by atoms with Gasteiger partial charge in [0.05, 0.1) is 13.2 Å². The number of pyridine rings is 1. The van der Waals surface area contributed by atoms with Gasteiger partial charge in [-0.1, -0.05) is 17.7 Å². The Hall–Kier alpha value is -1.88. The number of morpholine rings is 1. The first kappa shape index (κ1) is 15.0. The summed E-state index contributed by atoms with van der Waals surface area (Å²) < 4.78 is 9.37. The summed E-state index contributed by atoms with van der Waals surface area (Å²) in [4.78, 5) is 6.70. The Balaban J connectivity index is 1.76. The molecule has 1 aliphatic rings. The molecule has 1 fully saturated rings. The van der Waals surface area contributed by atoms with Gasteiger partial charge in [-0.2, -0.15) is 9.64 Å². The topological polar surface area (TPSA) is 74.1 Å². The van der Waals surface area contributed by atoms with Gasteiger partial charge in [0.2, 0.25) is 0 Å². The van der Waals surface area contributed by atoms with Gasteiger partial charge in [0.1, 0.15) is 22.5 Å². The van der Waals surface area contributed by atoms with Crippen molar-refractivity contribution in [3.05, 3.63) is 34.6 Å². The van der Waals surface area contributed by atoms with E-state index in [1.807, 2.05) is 12.1 Å². The fourth-order valence-electron chi connectivity index (χ4n) is 2.29. The second-order valence-corrected chi connectivity index (χ2v) is 5.86. The highest BCUT2D eigenvalue weighted by Gasteiger charge is 2.17. The summed E-state index contributed by atoms with van der Waals surface area (Å²) in [6.45, 7) is 3.66. The number of rotatable bonds is 4. The van der Waals surface area contributed by atoms with Gasteiger partial charge in [0.15, 0.2) is 5.15 Å². The molecule has 3 heterocycles. The Kier molecular flexibility index (Phi) is 4.73. The lowest BCUT2D eigenvalue weighted by Crippen LogP contribution is -2.37. The fourth-order valence-corrected chi connectivity index (χ4v) is 3.22. The molecule has 2 aromatic rings. The van der Waals surface area contributed by atoms with Crippen LogP contribution in [-0.2, 0) is 11.3 Å². The molecule has 0 radical (unpaired) electrons. The van der Waals surface area contributed by atoms with Crippen molar-refractivity contribution < 1.29 is 4.74 Å². The van der Waals surface area contributed by atoms with Gasteiger partial charge in [-0.05, 0) is 17.6 Å². The molecule has 0 aliphatic carbocycles. The molecular weight excluding hydrogens is 322 g/mol. The highest BCUT2D eigenvalue weighted by atomic mass is 35.5. The smallest absolute Gasteiger partial charge is 0.162 e. The van der Waals surface area contributed by atoms with Crippen LogP contribution in [0.4, 0.5) is 10.8 Å². The lowest BCUT2D eigenvalue weighted by molar-refractivity contribution is 0.122. The van der Waals surface area contributed by atoms with E-state index in [1.54, 1.807) is 6.20 Å². The second kappa shape index (κ2) is 6.92. The molecule has 114 valence electrons. The minimum atomic E-state index is 0.245. The number of ether oxygens (including phenoxy) is 1. The van der Waals surface area contributed by atoms with E-state index in [-0.39, 0.29) is 5.15 Å². The molecule has 0 spiro atoms. The fraction of sp³-hybridized carbons (Fsp3) is 0.357. The Labute approximate surface area is 137 Å². The summed E-state index contributed by atoms with van der Waals surface area (Å²) in [6, 6.07) is 6.00. The zero-order chi connectivity index (χ0) is 15.4. The normalized spacial score (nSPS) is 14.6. The summed E-state index contributed by atoms with van der Waals surface area (Å²) in [7, 11) is 0. The third-order valence-electron chi connectivity index (χ3n) is 3.38. The number of halogens is 1. The molecule has 0 atom stereocenters. The molecular formula is C14H14ClN5OS. The first-order chi connectivity index (χ1) is 10.8. The summed E-state index contributed by atoms with van der Waals surface area (Å²) in [5, 5.41) is 13.3. The zero-order valence-electron chi connectivity index (χ0n) is 11.8. The van der Waals surface area contributed by atoms with Crippen LogP contribution in [0.5, 0.6) is 0 Å². The van der Waals surface area contributed by atoms with Gasteiger partial charge >= 0.3 is 0 Å². The molecule has 22 heavy (non-hydrogen) atoms. The van der Waals surface area contributed by atoms with Crippen molar-refractivity contribution in [1.82, 2.24) is 9.36 Å². The van der Waals surface area contributed by atoms with Crippen LogP contribution >= 0.6 is 23.1 Å². The van der Waals surface area contributed by atoms with Crippen LogP contribution < -0.4 is 10.2 Å². The molecule has 0 aromatic carbocycles. The molecule has 2 aromatic heterocycles. The lowest BCUT2D eigenvalue weighted by Gasteiger charge is -2.29. The Morgan fingerprint density at radius 2 is 2.27 bits per heavy atom. The molecule has 0 unspecified atom stereocenters. The Bertz CT molecular complexity index is 693. The van der Waals surface area contributed by atoms with E-state index in [0.717, 1.165) is 24.5 Å². The lowest BCUT2D eigenvalue weighted by atomic mass is 10.2. The van der Waals surface area contributed by atoms with Crippen molar-refractivity contribution in [1.29, 1.82) is 5.26 Å². The van der Waals surface area contributed by atoms with Crippen molar-refractivity contribution in [3.63, 3.8) is 0 Å². The molecule has 0 bridgehead atoms. The van der Waals surface area contributed by atoms with E-state index in [4.69, 9.17) is 21.6 Å². The Morgan fingerprint density at radius 3 is 3.05 bits per heavy atom. The second-order valence-electron chi connectivity index (χ2n) is 4.73. The molecule has 8 heteroatoms. The predicted octanol–water partition coefficient (Wildman–Crippen LogP) is 2.51. The van der Waals surface area contributed by atoms with Crippen LogP contribution in [0.2, 0.25) is 5.15 Å². The van der Waals surface area contributed by atoms with Crippen molar-refractivity contribution in [2.75, 3.05) is 36.5 Å². The van der Waals surface area contributed by atoms with E-state index in [0.29, 0.717) is 30.3 Å². The maximum Gasteiger partial charge on any atom is 0.162 e. The summed E-state index contributed by atoms with van der Waals surface area (Å²) in [5.41, 5.74) is 1.46. The number of hydrogen-bond donors (Lipinski definition) is 1. The number of nitrogens with one attached hydrogen (secondary N) is 1. The standard InChI is InChI=1S/C14H14ClN5OS/c15-12-11(8-16)14(22-19-12)18-9-10-2-1-3-17-13(10)20-4-6-21-7-5-20/h1-3,18H,4-7,9H2. The molecule has 0 saturated carbocycles. The van der Waals surface area contributed by atoms with E-state index in [1.165, 1.54) is 11.5 Å². The average Bonchev–Trinajstić information content (AvgIpc) is 2.94. The first-order valence-electron chi connectivity index (χ1n) is 6.85. The molecule has 6 nitrogen and oxygen atoms in total. The SMILES string of the molecule is N#Cc1c(Cl)nsc1NCc1cccnc1N1CCOCC1. The van der Waals surface area contributed by atoms with Crippen LogP contribution in [0.25, 0.3) is 0 Å². The van der Waals surface area contributed by atoms with Crippen molar-refractivity contribution in [2.24, 2.45) is 0 Å². The van der Waals surface area contributed by atoms with Crippen LogP contribution in [-0.4, -0.2) is 35.7 Å². The van der Waals surface area contributed by atoms with Crippen LogP contribution in [0, 0.1) is 11.3 Å². The number of anilines is 2. The van der Waals surface area contributed by atoms with Crippen molar-refractivity contribution in [2.45, 2.75) is 6.54 Å². The number of hydrogen-bond acceptors (Lipinski definition) is 7. The molecule has 1 aliphatic heterocycles. The van der Waals surface area contributed by atoms with Gasteiger partial charge in [0.25, 0.3) is 0 Å². The van der Waals surface area contributed by atoms with E-state index in [2.05, 4.69) is 25.6 Å². The van der Waals surface area contributed by atoms with Gasteiger partial charge in [0, 0.05) is 31.4 Å². The molecule has 3 rings (SSSR count). The third-order valence-corrected chi connectivity index (χ3v) is 4.56. The van der Waals surface area contributed by atoms with Gasteiger partial charge in [-0.15, -0.1) is 0 Å². The van der Waals surface area contributed by atoms with E-state index >= 15 is 0 Å². The highest BCUT2D eigenvalue weighted by molar-refractivity contribution is 7.10. The minimum Gasteiger partial charge on any atom is -0.378 e. The van der Waals surface area contributed by atoms with E-state index in [9.17, 15) is 0 Å². The van der Waals surface area contributed by atoms with Crippen LogP contribution in [0.15, 0.2) is 18.3 Å². The first-order valence-corrected chi connectivity index (χ1v) is 8.00. The summed E-state index contributed by atoms with van der Waals surface area (Å²) >= 11 is 7.07. The average molecular weight is 336 g/mol. The quantitative estimate of drug-likeness (QED) is 0.925. The largest absolute Gasteiger partial charge is 0.378 e. The summed E-state index contributed by atoms with van der Waals surface area (Å²) in [5.74, 6) is 0.951. The maximum atomic E-state index is 9.10. The van der Waals surface area contributed by atoms with Gasteiger partial charge in [-0.3, -0.25) is 0 Å².